The van der Waals surface area contributed by atoms with Crippen LogP contribution in [0, 0.1) is 5.82 Å². The van der Waals surface area contributed by atoms with Crippen LogP contribution >= 0.6 is 0 Å². The fraction of sp³-hybridized carbons (Fsp3) is 0.148. The van der Waals surface area contributed by atoms with Gasteiger partial charge in [0.1, 0.15) is 17.6 Å². The van der Waals surface area contributed by atoms with Crippen molar-refractivity contribution in [2.45, 2.75) is 19.1 Å². The molecule has 0 aliphatic carbocycles. The molecule has 8 nitrogen and oxygen atoms in total. The Morgan fingerprint density at radius 1 is 0.833 bits per heavy atom. The SMILES string of the molecule is O=C(NCC(=O)N(Cc1ccc(F)cc1)[C@@H](C(=O)NCc1ccco1)c1ccccc1)c1ccco1. The molecule has 2 heterocycles. The first-order valence-corrected chi connectivity index (χ1v) is 11.2. The van der Waals surface area contributed by atoms with Crippen molar-refractivity contribution in [1.82, 2.24) is 15.5 Å². The lowest BCUT2D eigenvalue weighted by Gasteiger charge is -2.31. The maximum absolute atomic E-state index is 13.5. The predicted octanol–water partition coefficient (Wildman–Crippen LogP) is 3.83. The van der Waals surface area contributed by atoms with Gasteiger partial charge in [-0.2, -0.15) is 0 Å². The van der Waals surface area contributed by atoms with Crippen molar-refractivity contribution in [3.8, 4) is 0 Å². The zero-order chi connectivity index (χ0) is 25.3. The van der Waals surface area contributed by atoms with Crippen LogP contribution in [-0.4, -0.2) is 29.2 Å². The molecule has 4 rings (SSSR count). The Morgan fingerprint density at radius 2 is 1.56 bits per heavy atom. The minimum atomic E-state index is -1.03. The summed E-state index contributed by atoms with van der Waals surface area (Å²) >= 11 is 0. The van der Waals surface area contributed by atoms with Crippen LogP contribution in [0.1, 0.15) is 33.5 Å². The van der Waals surface area contributed by atoms with Gasteiger partial charge in [-0.15, -0.1) is 0 Å². The van der Waals surface area contributed by atoms with Gasteiger partial charge in [-0.3, -0.25) is 14.4 Å². The van der Waals surface area contributed by atoms with Crippen molar-refractivity contribution in [2.75, 3.05) is 6.54 Å². The van der Waals surface area contributed by atoms with Crippen molar-refractivity contribution >= 4 is 17.7 Å². The highest BCUT2D eigenvalue weighted by Gasteiger charge is 2.32. The van der Waals surface area contributed by atoms with E-state index in [9.17, 15) is 18.8 Å². The van der Waals surface area contributed by atoms with Crippen LogP contribution in [-0.2, 0) is 22.7 Å². The number of hydrogen-bond acceptors (Lipinski definition) is 5. The summed E-state index contributed by atoms with van der Waals surface area (Å²) in [6.07, 6.45) is 2.86. The lowest BCUT2D eigenvalue weighted by atomic mass is 10.0. The Kier molecular flexibility index (Phi) is 7.92. The first-order valence-electron chi connectivity index (χ1n) is 11.2. The molecule has 4 aromatic rings. The second-order valence-corrected chi connectivity index (χ2v) is 7.92. The zero-order valence-corrected chi connectivity index (χ0v) is 19.2. The van der Waals surface area contributed by atoms with E-state index >= 15 is 0 Å². The maximum atomic E-state index is 13.5. The molecule has 0 fully saturated rings. The van der Waals surface area contributed by atoms with E-state index in [1.165, 1.54) is 35.6 Å². The van der Waals surface area contributed by atoms with Crippen LogP contribution in [0.4, 0.5) is 4.39 Å². The van der Waals surface area contributed by atoms with Gasteiger partial charge in [0.15, 0.2) is 5.76 Å². The Labute approximate surface area is 206 Å². The third kappa shape index (κ3) is 6.26. The molecule has 9 heteroatoms. The first-order chi connectivity index (χ1) is 17.5. The molecular formula is C27H24FN3O5. The van der Waals surface area contributed by atoms with Gasteiger partial charge in [0.05, 0.1) is 25.6 Å². The van der Waals surface area contributed by atoms with E-state index in [-0.39, 0.29) is 25.4 Å². The third-order valence-corrected chi connectivity index (χ3v) is 5.42. The summed E-state index contributed by atoms with van der Waals surface area (Å²) in [7, 11) is 0. The standard InChI is InChI=1S/C27H24FN3O5/c28-21-12-10-19(11-13-21)18-31(24(32)17-30-26(33)23-9-5-15-36-23)25(20-6-2-1-3-7-20)27(34)29-16-22-8-4-14-35-22/h1-15,25H,16-18H2,(H,29,34)(H,30,33)/t25-/m1/s1. The molecule has 2 N–H and O–H groups in total. The number of rotatable bonds is 10. The van der Waals surface area contributed by atoms with Gasteiger partial charge in [-0.05, 0) is 47.5 Å². The molecule has 0 spiro atoms. The van der Waals surface area contributed by atoms with Crippen LogP contribution in [0.2, 0.25) is 0 Å². The minimum Gasteiger partial charge on any atom is -0.467 e. The second kappa shape index (κ2) is 11.7. The molecule has 0 saturated heterocycles. The number of carbonyl (C=O) groups is 3. The number of benzene rings is 2. The number of furan rings is 2. The Hall–Kier alpha value is -4.66. The van der Waals surface area contributed by atoms with Gasteiger partial charge in [0.25, 0.3) is 5.91 Å². The topological polar surface area (TPSA) is 105 Å². The maximum Gasteiger partial charge on any atom is 0.287 e. The van der Waals surface area contributed by atoms with E-state index in [1.54, 1.807) is 60.7 Å². The zero-order valence-electron chi connectivity index (χ0n) is 19.2. The Balaban J connectivity index is 1.61. The lowest BCUT2D eigenvalue weighted by molar-refractivity contribution is -0.141. The molecule has 0 aliphatic heterocycles. The van der Waals surface area contributed by atoms with E-state index in [0.29, 0.717) is 16.9 Å². The second-order valence-electron chi connectivity index (χ2n) is 7.92. The highest BCUT2D eigenvalue weighted by atomic mass is 19.1. The van der Waals surface area contributed by atoms with Crippen LogP contribution in [0.15, 0.2) is 100 Å². The van der Waals surface area contributed by atoms with Crippen LogP contribution in [0.3, 0.4) is 0 Å². The van der Waals surface area contributed by atoms with Crippen LogP contribution in [0.5, 0.6) is 0 Å². The average Bonchev–Trinajstić information content (AvgIpc) is 3.62. The molecular weight excluding hydrogens is 465 g/mol. The number of hydrogen-bond donors (Lipinski definition) is 2. The Bertz CT molecular complexity index is 1270. The van der Waals surface area contributed by atoms with E-state index < -0.39 is 29.6 Å². The molecule has 0 bridgehead atoms. The number of amides is 3. The molecule has 0 radical (unpaired) electrons. The van der Waals surface area contributed by atoms with E-state index in [1.807, 2.05) is 0 Å². The summed E-state index contributed by atoms with van der Waals surface area (Å²) in [5.74, 6) is -1.32. The number of nitrogens with one attached hydrogen (secondary N) is 2. The van der Waals surface area contributed by atoms with Gasteiger partial charge >= 0.3 is 0 Å². The Morgan fingerprint density at radius 3 is 2.22 bits per heavy atom. The molecule has 0 unspecified atom stereocenters. The summed E-state index contributed by atoms with van der Waals surface area (Å²) in [4.78, 5) is 40.6. The summed E-state index contributed by atoms with van der Waals surface area (Å²) in [6.45, 7) is -0.248. The van der Waals surface area contributed by atoms with Crippen molar-refractivity contribution in [1.29, 1.82) is 0 Å². The lowest BCUT2D eigenvalue weighted by Crippen LogP contribution is -2.46. The van der Waals surface area contributed by atoms with Crippen LogP contribution in [0.25, 0.3) is 0 Å². The minimum absolute atomic E-state index is 0.00344. The molecule has 184 valence electrons. The molecule has 3 amide bonds. The van der Waals surface area contributed by atoms with Crippen molar-refractivity contribution < 1.29 is 27.6 Å². The van der Waals surface area contributed by atoms with Gasteiger partial charge in [-0.1, -0.05) is 42.5 Å². The predicted molar refractivity (Wildman–Crippen MR) is 128 cm³/mol. The summed E-state index contributed by atoms with van der Waals surface area (Å²) < 4.78 is 23.9. The highest BCUT2D eigenvalue weighted by molar-refractivity contribution is 5.95. The summed E-state index contributed by atoms with van der Waals surface area (Å²) in [6, 6.07) is 19.9. The summed E-state index contributed by atoms with van der Waals surface area (Å²) in [5, 5.41) is 5.34. The van der Waals surface area contributed by atoms with Gasteiger partial charge < -0.3 is 24.4 Å². The normalized spacial score (nSPS) is 11.5. The molecule has 2 aromatic carbocycles. The number of nitrogens with zero attached hydrogens (tertiary/aromatic N) is 1. The fourth-order valence-electron chi connectivity index (χ4n) is 3.65. The average molecular weight is 490 g/mol. The largest absolute Gasteiger partial charge is 0.467 e. The van der Waals surface area contributed by atoms with E-state index in [0.717, 1.165) is 0 Å². The van der Waals surface area contributed by atoms with Crippen molar-refractivity contribution in [3.63, 3.8) is 0 Å². The molecule has 0 saturated carbocycles. The molecule has 0 aliphatic rings. The van der Waals surface area contributed by atoms with Crippen molar-refractivity contribution in [2.24, 2.45) is 0 Å². The first kappa shape index (κ1) is 24.5. The third-order valence-electron chi connectivity index (χ3n) is 5.42. The van der Waals surface area contributed by atoms with Gasteiger partial charge in [-0.25, -0.2) is 4.39 Å². The molecule has 36 heavy (non-hydrogen) atoms. The van der Waals surface area contributed by atoms with Gasteiger partial charge in [0, 0.05) is 6.54 Å². The van der Waals surface area contributed by atoms with Crippen LogP contribution < -0.4 is 10.6 Å². The summed E-state index contributed by atoms with van der Waals surface area (Å²) in [5.41, 5.74) is 1.18. The number of halogens is 1. The highest BCUT2D eigenvalue weighted by Crippen LogP contribution is 2.24. The molecule has 2 aromatic heterocycles. The monoisotopic (exact) mass is 489 g/mol. The van der Waals surface area contributed by atoms with Gasteiger partial charge in [0.2, 0.25) is 11.8 Å². The number of carbonyl (C=O) groups excluding carboxylic acids is 3. The fourth-order valence-corrected chi connectivity index (χ4v) is 3.65. The van der Waals surface area contributed by atoms with Crippen molar-refractivity contribution in [3.05, 3.63) is 120 Å². The van der Waals surface area contributed by atoms with E-state index in [4.69, 9.17) is 8.83 Å². The molecule has 1 atom stereocenters. The van der Waals surface area contributed by atoms with E-state index in [2.05, 4.69) is 10.6 Å². The quantitative estimate of drug-likeness (QED) is 0.352. The smallest absolute Gasteiger partial charge is 0.287 e.